The van der Waals surface area contributed by atoms with E-state index in [0.29, 0.717) is 0 Å². The Hall–Kier alpha value is -0.0600. The van der Waals surface area contributed by atoms with Gasteiger partial charge in [0.05, 0.1) is 0 Å². The summed E-state index contributed by atoms with van der Waals surface area (Å²) in [6.45, 7) is 1.21. The molecule has 1 aromatic heterocycles. The van der Waals surface area contributed by atoms with E-state index >= 15 is 0 Å². The van der Waals surface area contributed by atoms with E-state index in [4.69, 9.17) is 0 Å². The van der Waals surface area contributed by atoms with Crippen molar-refractivity contribution in [2.45, 2.75) is 36.8 Å². The Balaban J connectivity index is 1.66. The summed E-state index contributed by atoms with van der Waals surface area (Å²) in [7, 11) is 0. The third-order valence-corrected chi connectivity index (χ3v) is 4.82. The molecule has 1 aliphatic heterocycles. The summed E-state index contributed by atoms with van der Waals surface area (Å²) in [4.78, 5) is 4.35. The number of rotatable bonds is 5. The first-order chi connectivity index (χ1) is 7.86. The van der Waals surface area contributed by atoms with Gasteiger partial charge in [-0.2, -0.15) is 0 Å². The predicted octanol–water partition coefficient (Wildman–Crippen LogP) is 3.47. The molecular formula is C12H17BrN2S. The highest BCUT2D eigenvalue weighted by molar-refractivity contribution is 9.10. The largest absolute Gasteiger partial charge is 0.314 e. The number of aromatic nitrogens is 1. The maximum Gasteiger partial charge on any atom is 0.110 e. The molecule has 2 heterocycles. The SMILES string of the molecule is Brc1cccnc1SCCCC1CCCN1. The van der Waals surface area contributed by atoms with Crippen LogP contribution in [0.3, 0.4) is 0 Å². The molecule has 2 rings (SSSR count). The van der Waals surface area contributed by atoms with Gasteiger partial charge in [-0.3, -0.25) is 0 Å². The van der Waals surface area contributed by atoms with E-state index in [2.05, 4.69) is 26.2 Å². The third-order valence-electron chi connectivity index (χ3n) is 2.82. The highest BCUT2D eigenvalue weighted by atomic mass is 79.9. The van der Waals surface area contributed by atoms with Crippen LogP contribution in [0.5, 0.6) is 0 Å². The summed E-state index contributed by atoms with van der Waals surface area (Å²) in [5.41, 5.74) is 0. The summed E-state index contributed by atoms with van der Waals surface area (Å²) in [6.07, 6.45) is 7.13. The average molecular weight is 301 g/mol. The minimum atomic E-state index is 0.771. The fourth-order valence-electron chi connectivity index (χ4n) is 1.98. The van der Waals surface area contributed by atoms with Crippen molar-refractivity contribution in [2.24, 2.45) is 0 Å². The number of nitrogens with one attached hydrogen (secondary N) is 1. The second-order valence-corrected chi connectivity index (χ2v) is 6.01. The van der Waals surface area contributed by atoms with Gasteiger partial charge in [0, 0.05) is 16.7 Å². The number of pyridine rings is 1. The van der Waals surface area contributed by atoms with Gasteiger partial charge in [-0.05, 0) is 66.0 Å². The Kier molecular flexibility index (Phi) is 5.13. The van der Waals surface area contributed by atoms with E-state index < -0.39 is 0 Å². The van der Waals surface area contributed by atoms with Gasteiger partial charge in [0.25, 0.3) is 0 Å². The van der Waals surface area contributed by atoms with E-state index in [1.54, 1.807) is 0 Å². The van der Waals surface area contributed by atoms with Crippen LogP contribution in [0.25, 0.3) is 0 Å². The number of halogens is 1. The van der Waals surface area contributed by atoms with Crippen LogP contribution in [0.15, 0.2) is 27.8 Å². The fraction of sp³-hybridized carbons (Fsp3) is 0.583. The lowest BCUT2D eigenvalue weighted by molar-refractivity contribution is 0.553. The summed E-state index contributed by atoms with van der Waals surface area (Å²) in [5.74, 6) is 1.16. The van der Waals surface area contributed by atoms with E-state index in [1.165, 1.54) is 32.2 Å². The lowest BCUT2D eigenvalue weighted by Crippen LogP contribution is -2.20. The molecule has 1 aliphatic rings. The number of nitrogens with zero attached hydrogens (tertiary/aromatic N) is 1. The minimum absolute atomic E-state index is 0.771. The van der Waals surface area contributed by atoms with Crippen LogP contribution in [0.4, 0.5) is 0 Å². The molecule has 1 N–H and O–H groups in total. The number of hydrogen-bond donors (Lipinski definition) is 1. The van der Waals surface area contributed by atoms with Gasteiger partial charge in [0.1, 0.15) is 5.03 Å². The molecule has 4 heteroatoms. The van der Waals surface area contributed by atoms with Crippen LogP contribution < -0.4 is 5.32 Å². The molecule has 1 aromatic rings. The molecule has 88 valence electrons. The Bertz CT molecular complexity index is 327. The zero-order chi connectivity index (χ0) is 11.2. The minimum Gasteiger partial charge on any atom is -0.314 e. The van der Waals surface area contributed by atoms with Gasteiger partial charge in [-0.1, -0.05) is 0 Å². The first kappa shape index (κ1) is 12.4. The van der Waals surface area contributed by atoms with Crippen molar-refractivity contribution in [1.29, 1.82) is 0 Å². The zero-order valence-electron chi connectivity index (χ0n) is 9.29. The van der Waals surface area contributed by atoms with Crippen LogP contribution in [0.1, 0.15) is 25.7 Å². The molecular weight excluding hydrogens is 284 g/mol. The van der Waals surface area contributed by atoms with E-state index in [1.807, 2.05) is 30.1 Å². The monoisotopic (exact) mass is 300 g/mol. The lowest BCUT2D eigenvalue weighted by atomic mass is 10.1. The Morgan fingerprint density at radius 1 is 1.56 bits per heavy atom. The van der Waals surface area contributed by atoms with Crippen molar-refractivity contribution in [3.05, 3.63) is 22.8 Å². The van der Waals surface area contributed by atoms with Gasteiger partial charge in [-0.25, -0.2) is 4.98 Å². The molecule has 0 aromatic carbocycles. The number of thioether (sulfide) groups is 1. The van der Waals surface area contributed by atoms with E-state index in [-0.39, 0.29) is 0 Å². The van der Waals surface area contributed by atoms with Crippen LogP contribution in [0, 0.1) is 0 Å². The van der Waals surface area contributed by atoms with Crippen molar-refractivity contribution in [1.82, 2.24) is 10.3 Å². The highest BCUT2D eigenvalue weighted by Gasteiger charge is 2.13. The maximum atomic E-state index is 4.35. The molecule has 16 heavy (non-hydrogen) atoms. The molecule has 0 aliphatic carbocycles. The molecule has 0 amide bonds. The third kappa shape index (κ3) is 3.75. The summed E-state index contributed by atoms with van der Waals surface area (Å²) in [6, 6.07) is 4.78. The standard InChI is InChI=1S/C12H17BrN2S/c13-11-6-2-8-15-12(11)16-9-3-5-10-4-1-7-14-10/h2,6,8,10,14H,1,3-5,7,9H2. The highest BCUT2D eigenvalue weighted by Crippen LogP contribution is 2.25. The molecule has 0 saturated carbocycles. The Morgan fingerprint density at radius 3 is 3.25 bits per heavy atom. The molecule has 0 bridgehead atoms. The van der Waals surface area contributed by atoms with Gasteiger partial charge in [0.15, 0.2) is 0 Å². The lowest BCUT2D eigenvalue weighted by Gasteiger charge is -2.09. The summed E-state index contributed by atoms with van der Waals surface area (Å²) >= 11 is 5.36. The quantitative estimate of drug-likeness (QED) is 0.666. The van der Waals surface area contributed by atoms with Gasteiger partial charge < -0.3 is 5.32 Å². The summed E-state index contributed by atoms with van der Waals surface area (Å²) < 4.78 is 1.11. The van der Waals surface area contributed by atoms with Crippen molar-refractivity contribution < 1.29 is 0 Å². The van der Waals surface area contributed by atoms with Crippen LogP contribution in [-0.4, -0.2) is 23.3 Å². The van der Waals surface area contributed by atoms with Gasteiger partial charge in [-0.15, -0.1) is 11.8 Å². The molecule has 1 fully saturated rings. The normalized spacial score (nSPS) is 20.2. The van der Waals surface area contributed by atoms with E-state index in [0.717, 1.165) is 21.3 Å². The molecule has 1 unspecified atom stereocenters. The zero-order valence-corrected chi connectivity index (χ0v) is 11.7. The first-order valence-electron chi connectivity index (χ1n) is 5.83. The molecule has 0 spiro atoms. The van der Waals surface area contributed by atoms with Crippen molar-refractivity contribution in [3.8, 4) is 0 Å². The van der Waals surface area contributed by atoms with Gasteiger partial charge in [0.2, 0.25) is 0 Å². The van der Waals surface area contributed by atoms with Crippen LogP contribution in [0.2, 0.25) is 0 Å². The van der Waals surface area contributed by atoms with Crippen molar-refractivity contribution in [3.63, 3.8) is 0 Å². The molecule has 0 radical (unpaired) electrons. The fourth-order valence-corrected chi connectivity index (χ4v) is 3.42. The average Bonchev–Trinajstić information content (AvgIpc) is 2.79. The second kappa shape index (κ2) is 6.62. The topological polar surface area (TPSA) is 24.9 Å². The second-order valence-electron chi connectivity index (χ2n) is 4.07. The number of hydrogen-bond acceptors (Lipinski definition) is 3. The first-order valence-corrected chi connectivity index (χ1v) is 7.61. The van der Waals surface area contributed by atoms with Crippen LogP contribution in [-0.2, 0) is 0 Å². The maximum absolute atomic E-state index is 4.35. The van der Waals surface area contributed by atoms with Crippen molar-refractivity contribution >= 4 is 27.7 Å². The van der Waals surface area contributed by atoms with E-state index in [9.17, 15) is 0 Å². The van der Waals surface area contributed by atoms with Gasteiger partial charge >= 0.3 is 0 Å². The predicted molar refractivity (Wildman–Crippen MR) is 72.9 cm³/mol. The molecule has 1 atom stereocenters. The summed E-state index contributed by atoms with van der Waals surface area (Å²) in [5, 5.41) is 4.65. The molecule has 2 nitrogen and oxygen atoms in total. The smallest absolute Gasteiger partial charge is 0.110 e. The van der Waals surface area contributed by atoms with Crippen LogP contribution >= 0.6 is 27.7 Å². The Morgan fingerprint density at radius 2 is 2.50 bits per heavy atom. The van der Waals surface area contributed by atoms with Crippen molar-refractivity contribution in [2.75, 3.05) is 12.3 Å². The Labute approximate surface area is 110 Å². The molecule has 1 saturated heterocycles.